The predicted molar refractivity (Wildman–Crippen MR) is 132 cm³/mol. The second-order valence-electron chi connectivity index (χ2n) is 9.10. The van der Waals surface area contributed by atoms with Crippen LogP contribution in [-0.4, -0.2) is 90.9 Å². The van der Waals surface area contributed by atoms with Crippen LogP contribution in [0.15, 0.2) is 25.0 Å². The van der Waals surface area contributed by atoms with Gasteiger partial charge in [0.05, 0.1) is 18.7 Å². The molecule has 0 aromatic carbocycles. The molecular weight excluding hydrogens is 482 g/mol. The average Bonchev–Trinajstić information content (AvgIpc) is 3.65. The van der Waals surface area contributed by atoms with E-state index in [1.807, 2.05) is 0 Å². The molecule has 3 rings (SSSR count). The van der Waals surface area contributed by atoms with E-state index < -0.39 is 47.9 Å². The predicted octanol–water partition coefficient (Wildman–Crippen LogP) is -1.58. The fourth-order valence-electron chi connectivity index (χ4n) is 4.34. The number of nitrogens with one attached hydrogen (secondary N) is 4. The minimum absolute atomic E-state index is 0.0796. The zero-order valence-electron chi connectivity index (χ0n) is 20.6. The number of carbonyl (C=O) groups is 4. The lowest BCUT2D eigenvalue weighted by molar-refractivity contribution is -0.149. The number of nitrogens with two attached hydrogens (primary N) is 2. The van der Waals surface area contributed by atoms with Crippen LogP contribution in [0.1, 0.15) is 43.5 Å². The number of carboxylic acids is 1. The third-order valence-corrected chi connectivity index (χ3v) is 6.33. The summed E-state index contributed by atoms with van der Waals surface area (Å²) in [5.74, 6) is -2.68. The van der Waals surface area contributed by atoms with Crippen molar-refractivity contribution in [2.24, 2.45) is 11.5 Å². The second kappa shape index (κ2) is 13.5. The molecule has 0 radical (unpaired) electrons. The van der Waals surface area contributed by atoms with Gasteiger partial charge in [-0.15, -0.1) is 0 Å². The van der Waals surface area contributed by atoms with E-state index in [4.69, 9.17) is 11.5 Å². The first-order valence-electron chi connectivity index (χ1n) is 12.3. The summed E-state index contributed by atoms with van der Waals surface area (Å²) in [5, 5.41) is 15.0. The Balaban J connectivity index is 1.73. The lowest BCUT2D eigenvalue weighted by atomic mass is 10.0. The summed E-state index contributed by atoms with van der Waals surface area (Å²) >= 11 is 0. The molecule has 0 bridgehead atoms. The van der Waals surface area contributed by atoms with E-state index in [1.54, 1.807) is 6.20 Å². The highest BCUT2D eigenvalue weighted by atomic mass is 16.4. The number of imidazole rings is 2. The van der Waals surface area contributed by atoms with Crippen LogP contribution in [0, 0.1) is 0 Å². The third-order valence-electron chi connectivity index (χ3n) is 6.33. The molecule has 1 aliphatic rings. The van der Waals surface area contributed by atoms with Gasteiger partial charge in [0, 0.05) is 43.2 Å². The Hall–Kier alpha value is -3.78. The minimum Gasteiger partial charge on any atom is -0.480 e. The topological polar surface area (TPSA) is 225 Å². The summed E-state index contributed by atoms with van der Waals surface area (Å²) in [6.07, 6.45) is 8.70. The van der Waals surface area contributed by atoms with Gasteiger partial charge in [-0.2, -0.15) is 0 Å². The van der Waals surface area contributed by atoms with E-state index in [0.29, 0.717) is 43.6 Å². The van der Waals surface area contributed by atoms with Crippen molar-refractivity contribution in [1.82, 2.24) is 35.5 Å². The van der Waals surface area contributed by atoms with E-state index in [1.165, 1.54) is 23.8 Å². The molecule has 37 heavy (non-hydrogen) atoms. The van der Waals surface area contributed by atoms with Crippen LogP contribution in [0.4, 0.5) is 0 Å². The number of H-pyrrole nitrogens is 2. The van der Waals surface area contributed by atoms with E-state index >= 15 is 0 Å². The Bertz CT molecular complexity index is 1030. The molecule has 3 heterocycles. The number of aromatic amines is 2. The maximum absolute atomic E-state index is 13.4. The number of carbonyl (C=O) groups excluding carboxylic acids is 3. The Morgan fingerprint density at radius 3 is 2.27 bits per heavy atom. The van der Waals surface area contributed by atoms with Crippen LogP contribution in [0.2, 0.25) is 0 Å². The van der Waals surface area contributed by atoms with Crippen LogP contribution < -0.4 is 22.1 Å². The molecule has 4 unspecified atom stereocenters. The van der Waals surface area contributed by atoms with Crippen LogP contribution in [-0.2, 0) is 32.0 Å². The van der Waals surface area contributed by atoms with Gasteiger partial charge in [0.1, 0.15) is 18.1 Å². The normalized spacial score (nSPS) is 17.7. The second-order valence-corrected chi connectivity index (χ2v) is 9.10. The number of hydrogen-bond acceptors (Lipinski definition) is 8. The smallest absolute Gasteiger partial charge is 0.326 e. The van der Waals surface area contributed by atoms with Gasteiger partial charge in [-0.05, 0) is 38.6 Å². The highest BCUT2D eigenvalue weighted by molar-refractivity contribution is 5.94. The highest BCUT2D eigenvalue weighted by Gasteiger charge is 2.38. The van der Waals surface area contributed by atoms with Crippen molar-refractivity contribution >= 4 is 23.7 Å². The number of carboxylic acid groups (broad SMARTS) is 1. The molecule has 3 amide bonds. The molecule has 202 valence electrons. The van der Waals surface area contributed by atoms with Crippen LogP contribution in [0.3, 0.4) is 0 Å². The summed E-state index contributed by atoms with van der Waals surface area (Å²) in [6.45, 7) is 0.707. The average molecular weight is 518 g/mol. The van der Waals surface area contributed by atoms with Crippen molar-refractivity contribution in [2.75, 3.05) is 13.1 Å². The van der Waals surface area contributed by atoms with Gasteiger partial charge in [0.15, 0.2) is 0 Å². The van der Waals surface area contributed by atoms with Crippen molar-refractivity contribution in [3.63, 3.8) is 0 Å². The summed E-state index contributed by atoms with van der Waals surface area (Å²) < 4.78 is 0. The molecule has 4 atom stereocenters. The number of unbranched alkanes of at least 4 members (excludes halogenated alkanes) is 1. The molecule has 2 aromatic rings. The van der Waals surface area contributed by atoms with Crippen molar-refractivity contribution in [3.8, 4) is 0 Å². The Morgan fingerprint density at radius 2 is 1.68 bits per heavy atom. The first kappa shape index (κ1) is 27.8. The van der Waals surface area contributed by atoms with Crippen LogP contribution >= 0.6 is 0 Å². The summed E-state index contributed by atoms with van der Waals surface area (Å²) in [6, 6.07) is -3.89. The molecule has 1 fully saturated rings. The van der Waals surface area contributed by atoms with Crippen molar-refractivity contribution in [3.05, 3.63) is 36.4 Å². The Morgan fingerprint density at radius 1 is 1.03 bits per heavy atom. The number of likely N-dealkylation sites (tertiary alicyclic amines) is 1. The number of nitrogens with zero attached hydrogens (tertiary/aromatic N) is 3. The molecule has 1 aliphatic heterocycles. The monoisotopic (exact) mass is 517 g/mol. The number of aliphatic carboxylic acids is 1. The van der Waals surface area contributed by atoms with E-state index in [0.717, 1.165) is 0 Å². The lowest BCUT2D eigenvalue weighted by Crippen LogP contribution is -2.57. The summed E-state index contributed by atoms with van der Waals surface area (Å²) in [4.78, 5) is 66.1. The van der Waals surface area contributed by atoms with E-state index in [-0.39, 0.29) is 25.8 Å². The molecule has 0 aliphatic carbocycles. The molecule has 0 spiro atoms. The number of amides is 3. The number of hydrogen-bond donors (Lipinski definition) is 7. The SMILES string of the molecule is NCCCCC(NC(=O)C(N)Cc1cnc[nH]1)C(=O)NC(Cc1cnc[nH]1)C(=O)N1CCCC1C(=O)O. The Kier molecular flexibility index (Phi) is 10.1. The van der Waals surface area contributed by atoms with Gasteiger partial charge in [-0.3, -0.25) is 14.4 Å². The maximum Gasteiger partial charge on any atom is 0.326 e. The standard InChI is InChI=1S/C23H35N9O5/c24-6-2-1-4-17(30-20(33)16(25)8-14-10-26-12-28-14)21(34)31-18(9-15-11-27-13-29-15)22(35)32-7-3-5-19(32)23(36)37/h10-13,16-19H,1-9,24-25H2,(H,26,28)(H,27,29)(H,30,33)(H,31,34)(H,36,37). The molecule has 0 saturated carbocycles. The van der Waals surface area contributed by atoms with Crippen molar-refractivity contribution in [1.29, 1.82) is 0 Å². The summed E-state index contributed by atoms with van der Waals surface area (Å²) in [7, 11) is 0. The maximum atomic E-state index is 13.4. The zero-order chi connectivity index (χ0) is 26.8. The summed E-state index contributed by atoms with van der Waals surface area (Å²) in [5.41, 5.74) is 12.9. The molecule has 14 nitrogen and oxygen atoms in total. The van der Waals surface area contributed by atoms with Gasteiger partial charge < -0.3 is 42.1 Å². The fourth-order valence-corrected chi connectivity index (χ4v) is 4.34. The van der Waals surface area contributed by atoms with Crippen molar-refractivity contribution in [2.45, 2.75) is 69.1 Å². The largest absolute Gasteiger partial charge is 0.480 e. The van der Waals surface area contributed by atoms with Crippen LogP contribution in [0.25, 0.3) is 0 Å². The number of aromatic nitrogens is 4. The van der Waals surface area contributed by atoms with Crippen LogP contribution in [0.5, 0.6) is 0 Å². The van der Waals surface area contributed by atoms with Gasteiger partial charge in [0.2, 0.25) is 17.7 Å². The molecule has 2 aromatic heterocycles. The molecule has 1 saturated heterocycles. The fraction of sp³-hybridized carbons (Fsp3) is 0.565. The third kappa shape index (κ3) is 7.85. The molecular formula is C23H35N9O5. The van der Waals surface area contributed by atoms with E-state index in [2.05, 4.69) is 30.6 Å². The van der Waals surface area contributed by atoms with Gasteiger partial charge in [-0.1, -0.05) is 0 Å². The quantitative estimate of drug-likeness (QED) is 0.143. The molecule has 14 heteroatoms. The number of rotatable bonds is 14. The minimum atomic E-state index is -1.09. The van der Waals surface area contributed by atoms with Gasteiger partial charge >= 0.3 is 5.97 Å². The van der Waals surface area contributed by atoms with E-state index in [9.17, 15) is 24.3 Å². The zero-order valence-corrected chi connectivity index (χ0v) is 20.6. The highest BCUT2D eigenvalue weighted by Crippen LogP contribution is 2.19. The lowest BCUT2D eigenvalue weighted by Gasteiger charge is -2.29. The van der Waals surface area contributed by atoms with Crippen molar-refractivity contribution < 1.29 is 24.3 Å². The Labute approximate surface area is 214 Å². The van der Waals surface area contributed by atoms with Gasteiger partial charge in [0.25, 0.3) is 0 Å². The van der Waals surface area contributed by atoms with Gasteiger partial charge in [-0.25, -0.2) is 14.8 Å². The first-order valence-corrected chi connectivity index (χ1v) is 12.3. The first-order chi connectivity index (χ1) is 17.8. The molecule has 9 N–H and O–H groups in total.